The minimum Gasteiger partial charge on any atom is -0.298 e. The van der Waals surface area contributed by atoms with Crippen molar-refractivity contribution >= 4 is 27.2 Å². The van der Waals surface area contributed by atoms with Crippen LogP contribution in [0.5, 0.6) is 0 Å². The van der Waals surface area contributed by atoms with Crippen LogP contribution in [-0.2, 0) is 10.0 Å². The number of benzene rings is 1. The Balaban J connectivity index is 2.33. The summed E-state index contributed by atoms with van der Waals surface area (Å²) in [4.78, 5) is 15.2. The molecule has 23 heavy (non-hydrogen) atoms. The lowest BCUT2D eigenvalue weighted by molar-refractivity contribution is 0.112. The van der Waals surface area contributed by atoms with Crippen molar-refractivity contribution in [2.75, 3.05) is 0 Å². The van der Waals surface area contributed by atoms with E-state index in [0.29, 0.717) is 22.8 Å². The van der Waals surface area contributed by atoms with Gasteiger partial charge in [0.05, 0.1) is 5.52 Å². The van der Waals surface area contributed by atoms with E-state index in [1.54, 1.807) is 18.2 Å². The second kappa shape index (κ2) is 5.62. The molecule has 0 atom stereocenters. The largest absolute Gasteiger partial charge is 0.298 e. The summed E-state index contributed by atoms with van der Waals surface area (Å²) in [6.07, 6.45) is 3.45. The van der Waals surface area contributed by atoms with Crippen LogP contribution in [0.1, 0.15) is 35.7 Å². The SMILES string of the molecule is CC(C)c1ccc2c(C=O)cn(S(=O)(=O)c3ccccn3)c2c1. The van der Waals surface area contributed by atoms with Crippen molar-refractivity contribution in [2.24, 2.45) is 0 Å². The molecule has 6 heteroatoms. The third kappa shape index (κ3) is 2.55. The number of carbonyl (C=O) groups is 1. The molecule has 0 N–H and O–H groups in total. The van der Waals surface area contributed by atoms with Gasteiger partial charge in [0.2, 0.25) is 0 Å². The zero-order chi connectivity index (χ0) is 16.6. The van der Waals surface area contributed by atoms with E-state index < -0.39 is 10.0 Å². The first-order chi connectivity index (χ1) is 10.9. The molecule has 0 amide bonds. The predicted molar refractivity (Wildman–Crippen MR) is 88.2 cm³/mol. The summed E-state index contributed by atoms with van der Waals surface area (Å²) >= 11 is 0. The molecule has 3 aromatic rings. The van der Waals surface area contributed by atoms with Gasteiger partial charge in [-0.2, -0.15) is 8.42 Å². The van der Waals surface area contributed by atoms with Crippen molar-refractivity contribution in [2.45, 2.75) is 24.8 Å². The second-order valence-electron chi connectivity index (χ2n) is 5.60. The van der Waals surface area contributed by atoms with Gasteiger partial charge in [0.25, 0.3) is 10.0 Å². The molecule has 2 aromatic heterocycles. The van der Waals surface area contributed by atoms with Gasteiger partial charge in [0.15, 0.2) is 11.3 Å². The lowest BCUT2D eigenvalue weighted by Gasteiger charge is -2.09. The fourth-order valence-corrected chi connectivity index (χ4v) is 3.80. The summed E-state index contributed by atoms with van der Waals surface area (Å²) in [7, 11) is -3.85. The molecule has 0 fully saturated rings. The molecule has 0 spiro atoms. The third-order valence-corrected chi connectivity index (χ3v) is 5.37. The normalized spacial score (nSPS) is 12.0. The molecule has 0 saturated carbocycles. The summed E-state index contributed by atoms with van der Waals surface area (Å²) in [5.74, 6) is 0.250. The monoisotopic (exact) mass is 328 g/mol. The van der Waals surface area contributed by atoms with Crippen LogP contribution < -0.4 is 0 Å². The third-order valence-electron chi connectivity index (χ3n) is 3.78. The summed E-state index contributed by atoms with van der Waals surface area (Å²) in [6.45, 7) is 4.06. The van der Waals surface area contributed by atoms with Crippen molar-refractivity contribution in [3.63, 3.8) is 0 Å². The van der Waals surface area contributed by atoms with E-state index in [1.807, 2.05) is 26.0 Å². The molecule has 0 bridgehead atoms. The topological polar surface area (TPSA) is 69.0 Å². The smallest absolute Gasteiger partial charge is 0.285 e. The lowest BCUT2D eigenvalue weighted by Crippen LogP contribution is -2.13. The Morgan fingerprint density at radius 1 is 1.17 bits per heavy atom. The number of rotatable bonds is 4. The quantitative estimate of drug-likeness (QED) is 0.690. The van der Waals surface area contributed by atoms with E-state index in [-0.39, 0.29) is 10.9 Å². The van der Waals surface area contributed by atoms with E-state index in [1.165, 1.54) is 18.5 Å². The summed E-state index contributed by atoms with van der Waals surface area (Å²) in [6, 6.07) is 10.2. The number of carbonyl (C=O) groups excluding carboxylic acids is 1. The first kappa shape index (κ1) is 15.4. The first-order valence-electron chi connectivity index (χ1n) is 7.22. The van der Waals surface area contributed by atoms with Gasteiger partial charge in [-0.1, -0.05) is 32.0 Å². The lowest BCUT2D eigenvalue weighted by atomic mass is 10.0. The number of aldehydes is 1. The van der Waals surface area contributed by atoms with Gasteiger partial charge in [0, 0.05) is 23.3 Å². The van der Waals surface area contributed by atoms with E-state index in [4.69, 9.17) is 0 Å². The Bertz CT molecular complexity index is 974. The molecule has 0 aliphatic heterocycles. The van der Waals surface area contributed by atoms with Crippen LogP contribution in [0.2, 0.25) is 0 Å². The predicted octanol–water partition coefficient (Wildman–Crippen LogP) is 3.21. The van der Waals surface area contributed by atoms with Crippen LogP contribution in [-0.4, -0.2) is 23.7 Å². The average molecular weight is 328 g/mol. The molecular weight excluding hydrogens is 312 g/mol. The summed E-state index contributed by atoms with van der Waals surface area (Å²) < 4.78 is 26.8. The van der Waals surface area contributed by atoms with E-state index in [2.05, 4.69) is 4.98 Å². The van der Waals surface area contributed by atoms with Crippen LogP contribution in [0.4, 0.5) is 0 Å². The maximum Gasteiger partial charge on any atom is 0.285 e. The number of hydrogen-bond donors (Lipinski definition) is 0. The maximum absolute atomic E-state index is 12.8. The molecule has 118 valence electrons. The molecule has 0 aliphatic carbocycles. The van der Waals surface area contributed by atoms with Crippen LogP contribution in [0.3, 0.4) is 0 Å². The van der Waals surface area contributed by atoms with E-state index in [0.717, 1.165) is 9.54 Å². The number of nitrogens with zero attached hydrogens (tertiary/aromatic N) is 2. The molecular formula is C17H16N2O3S. The molecule has 5 nitrogen and oxygen atoms in total. The fourth-order valence-electron chi connectivity index (χ4n) is 2.49. The fraction of sp³-hybridized carbons (Fsp3) is 0.176. The van der Waals surface area contributed by atoms with Gasteiger partial charge in [-0.05, 0) is 29.7 Å². The Morgan fingerprint density at radius 2 is 1.96 bits per heavy atom. The molecule has 0 radical (unpaired) electrons. The highest BCUT2D eigenvalue weighted by molar-refractivity contribution is 7.90. The van der Waals surface area contributed by atoms with Gasteiger partial charge in [0.1, 0.15) is 0 Å². The molecule has 2 heterocycles. The van der Waals surface area contributed by atoms with Crippen molar-refractivity contribution in [3.05, 3.63) is 59.9 Å². The Hall–Kier alpha value is -2.47. The van der Waals surface area contributed by atoms with E-state index >= 15 is 0 Å². The van der Waals surface area contributed by atoms with Crippen LogP contribution in [0.25, 0.3) is 10.9 Å². The Morgan fingerprint density at radius 3 is 2.57 bits per heavy atom. The first-order valence-corrected chi connectivity index (χ1v) is 8.66. The minimum atomic E-state index is -3.85. The molecule has 1 aromatic carbocycles. The highest BCUT2D eigenvalue weighted by Crippen LogP contribution is 2.27. The van der Waals surface area contributed by atoms with Crippen LogP contribution in [0.15, 0.2) is 53.8 Å². The number of hydrogen-bond acceptors (Lipinski definition) is 4. The second-order valence-corrected chi connectivity index (χ2v) is 7.36. The highest BCUT2D eigenvalue weighted by Gasteiger charge is 2.22. The van der Waals surface area contributed by atoms with Gasteiger partial charge in [-0.15, -0.1) is 0 Å². The standard InChI is InChI=1S/C17H16N2O3S/c1-12(2)13-6-7-15-14(11-20)10-19(16(15)9-13)23(21,22)17-5-3-4-8-18-17/h3-12H,1-2H3. The zero-order valence-corrected chi connectivity index (χ0v) is 13.6. The van der Waals surface area contributed by atoms with Crippen LogP contribution in [0, 0.1) is 0 Å². The maximum atomic E-state index is 12.8. The molecule has 0 aliphatic rings. The van der Waals surface area contributed by atoms with Crippen molar-refractivity contribution in [1.82, 2.24) is 8.96 Å². The number of pyridine rings is 1. The summed E-state index contributed by atoms with van der Waals surface area (Å²) in [5, 5.41) is 0.563. The Labute approximate surface area is 134 Å². The van der Waals surface area contributed by atoms with Gasteiger partial charge >= 0.3 is 0 Å². The van der Waals surface area contributed by atoms with Crippen molar-refractivity contribution in [3.8, 4) is 0 Å². The Kier molecular flexibility index (Phi) is 3.77. The highest BCUT2D eigenvalue weighted by atomic mass is 32.2. The summed E-state index contributed by atoms with van der Waals surface area (Å²) in [5.41, 5.74) is 1.84. The number of aromatic nitrogens is 2. The van der Waals surface area contributed by atoms with Gasteiger partial charge in [-0.3, -0.25) is 4.79 Å². The van der Waals surface area contributed by atoms with Crippen LogP contribution >= 0.6 is 0 Å². The van der Waals surface area contributed by atoms with E-state index in [9.17, 15) is 13.2 Å². The molecule has 0 unspecified atom stereocenters. The van der Waals surface area contributed by atoms with Crippen molar-refractivity contribution < 1.29 is 13.2 Å². The van der Waals surface area contributed by atoms with Gasteiger partial charge < -0.3 is 0 Å². The van der Waals surface area contributed by atoms with Crippen molar-refractivity contribution in [1.29, 1.82) is 0 Å². The number of fused-ring (bicyclic) bond motifs is 1. The molecule has 3 rings (SSSR count). The average Bonchev–Trinajstić information content (AvgIpc) is 2.94. The van der Waals surface area contributed by atoms with Gasteiger partial charge in [-0.25, -0.2) is 8.96 Å². The zero-order valence-electron chi connectivity index (χ0n) is 12.8. The minimum absolute atomic E-state index is 0.0516. The molecule has 0 saturated heterocycles.